The van der Waals surface area contributed by atoms with Crippen molar-refractivity contribution >= 4 is 27.7 Å². The minimum Gasteiger partial charge on any atom is -0.393 e. The second-order valence-corrected chi connectivity index (χ2v) is 8.79. The van der Waals surface area contributed by atoms with Crippen LogP contribution in [0.4, 0.5) is 26.7 Å². The molecule has 1 saturated heterocycles. The van der Waals surface area contributed by atoms with E-state index in [9.17, 15) is 40.3 Å². The normalized spacial score (nSPS) is 15.3. The Morgan fingerprint density at radius 1 is 1.00 bits per heavy atom. The molecule has 1 heterocycles. The van der Waals surface area contributed by atoms with Gasteiger partial charge in [0.05, 0.1) is 16.7 Å². The van der Waals surface area contributed by atoms with E-state index in [1.165, 1.54) is 0 Å². The van der Waals surface area contributed by atoms with Gasteiger partial charge in [0.1, 0.15) is 16.5 Å². The predicted octanol–water partition coefficient (Wildman–Crippen LogP) is 3.56. The highest BCUT2D eigenvalue weighted by Crippen LogP contribution is 2.35. The van der Waals surface area contributed by atoms with Gasteiger partial charge in [-0.2, -0.15) is 0 Å². The minimum atomic E-state index is -4.76. The van der Waals surface area contributed by atoms with Crippen molar-refractivity contribution in [2.75, 3.05) is 13.1 Å². The molecule has 0 saturated carbocycles. The zero-order valence-corrected chi connectivity index (χ0v) is 17.0. The highest BCUT2D eigenvalue weighted by Gasteiger charge is 2.30. The van der Waals surface area contributed by atoms with Gasteiger partial charge in [0.25, 0.3) is 10.0 Å². The average Bonchev–Trinajstić information content (AvgIpc) is 2.67. The molecule has 0 spiro atoms. The Kier molecular flexibility index (Phi) is 6.44. The van der Waals surface area contributed by atoms with E-state index >= 15 is 0 Å². The van der Waals surface area contributed by atoms with Crippen LogP contribution >= 0.6 is 11.6 Å². The third-order valence-electron chi connectivity index (χ3n) is 4.67. The van der Waals surface area contributed by atoms with E-state index in [4.69, 9.17) is 11.6 Å². The minimum absolute atomic E-state index is 0.0253. The first kappa shape index (κ1) is 23.2. The molecule has 2 amide bonds. The van der Waals surface area contributed by atoms with Gasteiger partial charge in [-0.25, -0.2) is 39.9 Å². The number of hydrogen-bond donors (Lipinski definition) is 2. The molecular weight excluding hydrogens is 471 g/mol. The number of benzene rings is 2. The molecule has 168 valence electrons. The van der Waals surface area contributed by atoms with Crippen molar-refractivity contribution in [3.8, 4) is 11.1 Å². The Labute approximate surface area is 178 Å². The van der Waals surface area contributed by atoms with Crippen LogP contribution in [0.3, 0.4) is 0 Å². The molecule has 0 aromatic heterocycles. The number of rotatable bonds is 3. The van der Waals surface area contributed by atoms with Gasteiger partial charge in [0.15, 0.2) is 17.5 Å². The lowest BCUT2D eigenvalue weighted by atomic mass is 10.0. The second-order valence-electron chi connectivity index (χ2n) is 6.73. The number of nitrogens with zero attached hydrogens (tertiary/aromatic N) is 1. The van der Waals surface area contributed by atoms with Gasteiger partial charge in [-0.1, -0.05) is 11.6 Å². The third kappa shape index (κ3) is 4.60. The Hall–Kier alpha value is -2.44. The number of likely N-dealkylation sites (tertiary alicyclic amines) is 1. The van der Waals surface area contributed by atoms with Crippen LogP contribution in [-0.4, -0.2) is 43.6 Å². The quantitative estimate of drug-likeness (QED) is 0.396. The Bertz CT molecular complexity index is 1150. The molecule has 0 bridgehead atoms. The van der Waals surface area contributed by atoms with Gasteiger partial charge in [-0.3, -0.25) is 0 Å². The number of amides is 2. The van der Waals surface area contributed by atoms with E-state index < -0.39 is 72.3 Å². The van der Waals surface area contributed by atoms with Crippen molar-refractivity contribution in [3.63, 3.8) is 0 Å². The molecule has 0 unspecified atom stereocenters. The van der Waals surface area contributed by atoms with Crippen molar-refractivity contribution in [1.82, 2.24) is 9.62 Å². The molecule has 2 N–H and O–H groups in total. The summed E-state index contributed by atoms with van der Waals surface area (Å²) in [5.41, 5.74) is -2.40. The number of aliphatic hydroxyl groups is 1. The van der Waals surface area contributed by atoms with Gasteiger partial charge < -0.3 is 10.0 Å². The van der Waals surface area contributed by atoms with Gasteiger partial charge >= 0.3 is 6.03 Å². The topological polar surface area (TPSA) is 86.7 Å². The summed E-state index contributed by atoms with van der Waals surface area (Å²) >= 11 is 5.76. The maximum absolute atomic E-state index is 14.3. The van der Waals surface area contributed by atoms with Crippen LogP contribution in [0, 0.1) is 29.1 Å². The summed E-state index contributed by atoms with van der Waals surface area (Å²) < 4.78 is 96.2. The zero-order valence-electron chi connectivity index (χ0n) is 15.4. The molecule has 1 aliphatic heterocycles. The summed E-state index contributed by atoms with van der Waals surface area (Å²) in [4.78, 5) is 12.4. The maximum Gasteiger partial charge on any atom is 0.331 e. The fraction of sp³-hybridized carbons (Fsp3) is 0.278. The number of piperidine rings is 1. The number of hydrogen-bond acceptors (Lipinski definition) is 4. The molecule has 0 atom stereocenters. The molecule has 0 radical (unpaired) electrons. The number of aliphatic hydroxyl groups excluding tert-OH is 1. The van der Waals surface area contributed by atoms with Crippen molar-refractivity contribution in [1.29, 1.82) is 0 Å². The fourth-order valence-electron chi connectivity index (χ4n) is 3.04. The van der Waals surface area contributed by atoms with Crippen molar-refractivity contribution in [3.05, 3.63) is 52.3 Å². The van der Waals surface area contributed by atoms with Crippen LogP contribution in [-0.2, 0) is 10.0 Å². The summed E-state index contributed by atoms with van der Waals surface area (Å²) in [7, 11) is -4.76. The van der Waals surface area contributed by atoms with E-state index in [0.29, 0.717) is 12.1 Å². The molecule has 0 aliphatic carbocycles. The maximum atomic E-state index is 14.3. The van der Waals surface area contributed by atoms with Crippen LogP contribution in [0.1, 0.15) is 12.8 Å². The van der Waals surface area contributed by atoms with Gasteiger partial charge in [0.2, 0.25) is 0 Å². The van der Waals surface area contributed by atoms with Gasteiger partial charge in [-0.15, -0.1) is 0 Å². The first-order valence-corrected chi connectivity index (χ1v) is 10.6. The summed E-state index contributed by atoms with van der Waals surface area (Å²) in [6, 6.07) is -0.263. The molecule has 13 heteroatoms. The summed E-state index contributed by atoms with van der Waals surface area (Å²) in [5, 5.41) is 8.74. The van der Waals surface area contributed by atoms with Crippen molar-refractivity contribution in [2.45, 2.75) is 23.8 Å². The van der Waals surface area contributed by atoms with E-state index in [-0.39, 0.29) is 32.0 Å². The lowest BCUT2D eigenvalue weighted by Gasteiger charge is -2.29. The largest absolute Gasteiger partial charge is 0.393 e. The van der Waals surface area contributed by atoms with E-state index in [1.807, 2.05) is 0 Å². The molecule has 2 aromatic carbocycles. The Balaban J connectivity index is 2.02. The van der Waals surface area contributed by atoms with Crippen LogP contribution in [0.5, 0.6) is 0 Å². The molecular formula is C18H14ClF5N2O4S. The molecule has 3 rings (SSSR count). The number of sulfonamides is 1. The lowest BCUT2D eigenvalue weighted by Crippen LogP contribution is -2.47. The van der Waals surface area contributed by atoms with Crippen LogP contribution in [0.25, 0.3) is 11.1 Å². The summed E-state index contributed by atoms with van der Waals surface area (Å²) in [6.45, 7) is 0.131. The van der Waals surface area contributed by atoms with Crippen LogP contribution in [0.2, 0.25) is 5.02 Å². The van der Waals surface area contributed by atoms with E-state index in [0.717, 1.165) is 4.90 Å². The van der Waals surface area contributed by atoms with E-state index in [1.54, 1.807) is 4.72 Å². The van der Waals surface area contributed by atoms with Crippen molar-refractivity contribution < 1.29 is 40.3 Å². The first-order chi connectivity index (χ1) is 14.4. The SMILES string of the molecule is O=C(NS(=O)(=O)c1cc(-c2c(F)cc(F)c(F)c2F)c(F)cc1Cl)N1CCC(O)CC1. The molecule has 2 aromatic rings. The molecule has 1 aliphatic rings. The average molecular weight is 485 g/mol. The number of carbonyl (C=O) groups excluding carboxylic acids is 1. The number of nitrogens with one attached hydrogen (secondary N) is 1. The standard InChI is InChI=1S/C18H14ClF5N2O4S/c19-10-6-11(20)9(15-12(21)7-13(22)16(23)17(15)24)5-14(10)31(29,30)25-18(28)26-3-1-8(27)2-4-26/h5-8,27H,1-4H2,(H,25,28). The smallest absolute Gasteiger partial charge is 0.331 e. The highest BCUT2D eigenvalue weighted by molar-refractivity contribution is 7.90. The summed E-state index contributed by atoms with van der Waals surface area (Å²) in [6.07, 6.45) is -0.177. The molecule has 31 heavy (non-hydrogen) atoms. The zero-order chi connectivity index (χ0) is 23.1. The third-order valence-corrected chi connectivity index (χ3v) is 6.45. The highest BCUT2D eigenvalue weighted by atomic mass is 35.5. The Morgan fingerprint density at radius 2 is 1.61 bits per heavy atom. The fourth-order valence-corrected chi connectivity index (χ4v) is 4.56. The monoisotopic (exact) mass is 484 g/mol. The number of urea groups is 1. The first-order valence-electron chi connectivity index (χ1n) is 8.74. The second kappa shape index (κ2) is 8.60. The van der Waals surface area contributed by atoms with Crippen molar-refractivity contribution in [2.24, 2.45) is 0 Å². The molecule has 6 nitrogen and oxygen atoms in total. The number of carbonyl (C=O) groups is 1. The van der Waals surface area contributed by atoms with Gasteiger partial charge in [0, 0.05) is 24.7 Å². The lowest BCUT2D eigenvalue weighted by molar-refractivity contribution is 0.0952. The van der Waals surface area contributed by atoms with Crippen LogP contribution in [0.15, 0.2) is 23.1 Å². The summed E-state index contributed by atoms with van der Waals surface area (Å²) in [5.74, 6) is -9.12. The van der Waals surface area contributed by atoms with Crippen LogP contribution < -0.4 is 4.72 Å². The van der Waals surface area contributed by atoms with E-state index in [2.05, 4.69) is 0 Å². The Morgan fingerprint density at radius 3 is 2.23 bits per heavy atom. The number of halogens is 6. The predicted molar refractivity (Wildman–Crippen MR) is 99.2 cm³/mol. The molecule has 1 fully saturated rings. The van der Waals surface area contributed by atoms with Gasteiger partial charge in [-0.05, 0) is 25.0 Å².